The van der Waals surface area contributed by atoms with E-state index in [0.29, 0.717) is 12.5 Å². The van der Waals surface area contributed by atoms with Crippen molar-refractivity contribution < 1.29 is 9.47 Å². The van der Waals surface area contributed by atoms with Gasteiger partial charge < -0.3 is 14.8 Å². The van der Waals surface area contributed by atoms with Crippen LogP contribution in [0.4, 0.5) is 0 Å². The highest BCUT2D eigenvalue weighted by Gasteiger charge is 2.08. The summed E-state index contributed by atoms with van der Waals surface area (Å²) >= 11 is 0. The highest BCUT2D eigenvalue weighted by atomic mass is 16.5. The van der Waals surface area contributed by atoms with Gasteiger partial charge in [-0.25, -0.2) is 0 Å². The highest BCUT2D eigenvalue weighted by Crippen LogP contribution is 2.01. The van der Waals surface area contributed by atoms with Gasteiger partial charge in [0, 0.05) is 20.3 Å². The Balaban J connectivity index is 3.53. The molecule has 1 atom stereocenters. The largest absolute Gasteiger partial charge is 0.382 e. The predicted molar refractivity (Wildman–Crippen MR) is 64.2 cm³/mol. The fourth-order valence-electron chi connectivity index (χ4n) is 1.26. The number of methoxy groups -OCH3 is 1. The molecule has 0 amide bonds. The van der Waals surface area contributed by atoms with Crippen molar-refractivity contribution in [2.75, 3.05) is 33.4 Å². The van der Waals surface area contributed by atoms with E-state index in [0.717, 1.165) is 32.5 Å². The number of hydrogen-bond acceptors (Lipinski definition) is 3. The topological polar surface area (TPSA) is 30.5 Å². The number of ether oxygens (including phenoxy) is 2. The van der Waals surface area contributed by atoms with E-state index in [1.54, 1.807) is 7.11 Å². The second kappa shape index (κ2) is 10.4. The third kappa shape index (κ3) is 10.2. The molecule has 0 rings (SSSR count). The van der Waals surface area contributed by atoms with Gasteiger partial charge in [-0.3, -0.25) is 0 Å². The molecule has 0 radical (unpaired) electrons. The third-order valence-corrected chi connectivity index (χ3v) is 2.20. The first-order chi connectivity index (χ1) is 7.20. The summed E-state index contributed by atoms with van der Waals surface area (Å²) in [5.74, 6) is 0.705. The van der Waals surface area contributed by atoms with Crippen LogP contribution in [0.1, 0.15) is 33.6 Å². The average Bonchev–Trinajstić information content (AvgIpc) is 2.17. The molecule has 0 aliphatic carbocycles. The number of hydrogen-bond donors (Lipinski definition) is 1. The molecule has 0 fully saturated rings. The van der Waals surface area contributed by atoms with Crippen LogP contribution in [0.25, 0.3) is 0 Å². The van der Waals surface area contributed by atoms with Crippen molar-refractivity contribution in [3.05, 3.63) is 0 Å². The van der Waals surface area contributed by atoms with Crippen LogP contribution >= 0.6 is 0 Å². The molecule has 0 aromatic carbocycles. The smallest absolute Gasteiger partial charge is 0.0932 e. The molecule has 3 heteroatoms. The Kier molecular flexibility index (Phi) is 10.3. The number of nitrogens with one attached hydrogen (secondary N) is 1. The van der Waals surface area contributed by atoms with Gasteiger partial charge in [0.15, 0.2) is 0 Å². The molecule has 0 aliphatic heterocycles. The Morgan fingerprint density at radius 2 is 2.00 bits per heavy atom. The molecule has 1 N–H and O–H groups in total. The summed E-state index contributed by atoms with van der Waals surface area (Å²) in [5.41, 5.74) is 0. The van der Waals surface area contributed by atoms with Gasteiger partial charge in [-0.15, -0.1) is 0 Å². The van der Waals surface area contributed by atoms with Crippen LogP contribution in [0.2, 0.25) is 0 Å². The summed E-state index contributed by atoms with van der Waals surface area (Å²) in [5, 5.41) is 3.35. The Labute approximate surface area is 94.5 Å². The lowest BCUT2D eigenvalue weighted by atomic mass is 10.1. The molecule has 15 heavy (non-hydrogen) atoms. The monoisotopic (exact) mass is 217 g/mol. The van der Waals surface area contributed by atoms with E-state index >= 15 is 0 Å². The lowest BCUT2D eigenvalue weighted by molar-refractivity contribution is -0.00465. The molecule has 0 heterocycles. The van der Waals surface area contributed by atoms with E-state index < -0.39 is 0 Å². The Bertz CT molecular complexity index is 129. The average molecular weight is 217 g/mol. The maximum absolute atomic E-state index is 5.75. The number of rotatable bonds is 10. The molecular weight excluding hydrogens is 190 g/mol. The SMILES string of the molecule is CCCNCC(COC)OCCC(C)C. The van der Waals surface area contributed by atoms with E-state index in [-0.39, 0.29) is 6.10 Å². The van der Waals surface area contributed by atoms with Crippen LogP contribution in [-0.2, 0) is 9.47 Å². The molecule has 0 saturated carbocycles. The molecular formula is C12H27NO2. The quantitative estimate of drug-likeness (QED) is 0.568. The van der Waals surface area contributed by atoms with Crippen LogP contribution < -0.4 is 5.32 Å². The highest BCUT2D eigenvalue weighted by molar-refractivity contribution is 4.61. The van der Waals surface area contributed by atoms with Gasteiger partial charge in [0.1, 0.15) is 0 Å². The van der Waals surface area contributed by atoms with E-state index in [1.807, 2.05) is 0 Å². The van der Waals surface area contributed by atoms with Gasteiger partial charge in [-0.2, -0.15) is 0 Å². The van der Waals surface area contributed by atoms with E-state index in [4.69, 9.17) is 9.47 Å². The molecule has 92 valence electrons. The summed E-state index contributed by atoms with van der Waals surface area (Å²) in [7, 11) is 1.72. The van der Waals surface area contributed by atoms with E-state index in [9.17, 15) is 0 Å². The van der Waals surface area contributed by atoms with Crippen molar-refractivity contribution >= 4 is 0 Å². The lowest BCUT2D eigenvalue weighted by Crippen LogP contribution is -2.33. The Morgan fingerprint density at radius 1 is 1.27 bits per heavy atom. The normalized spacial score (nSPS) is 13.4. The maximum Gasteiger partial charge on any atom is 0.0932 e. The Morgan fingerprint density at radius 3 is 2.53 bits per heavy atom. The molecule has 0 aromatic rings. The standard InChI is InChI=1S/C12H27NO2/c1-5-7-13-9-12(10-14-4)15-8-6-11(2)3/h11-13H,5-10H2,1-4H3. The van der Waals surface area contributed by atoms with Gasteiger partial charge in [0.25, 0.3) is 0 Å². The summed E-state index contributed by atoms with van der Waals surface area (Å²) in [4.78, 5) is 0. The summed E-state index contributed by atoms with van der Waals surface area (Å²) in [6, 6.07) is 0. The van der Waals surface area contributed by atoms with Crippen molar-refractivity contribution in [2.24, 2.45) is 5.92 Å². The fourth-order valence-corrected chi connectivity index (χ4v) is 1.26. The predicted octanol–water partition coefficient (Wildman–Crippen LogP) is 2.06. The first-order valence-electron chi connectivity index (χ1n) is 6.01. The van der Waals surface area contributed by atoms with Gasteiger partial charge in [-0.05, 0) is 25.3 Å². The molecule has 0 aromatic heterocycles. The van der Waals surface area contributed by atoms with Crippen LogP contribution in [-0.4, -0.2) is 39.5 Å². The molecule has 0 spiro atoms. The second-order valence-electron chi connectivity index (χ2n) is 4.33. The molecule has 1 unspecified atom stereocenters. The van der Waals surface area contributed by atoms with Crippen molar-refractivity contribution in [1.82, 2.24) is 5.32 Å². The lowest BCUT2D eigenvalue weighted by Gasteiger charge is -2.18. The first kappa shape index (κ1) is 14.9. The van der Waals surface area contributed by atoms with Crippen LogP contribution in [0, 0.1) is 5.92 Å². The third-order valence-electron chi connectivity index (χ3n) is 2.20. The fraction of sp³-hybridized carbons (Fsp3) is 1.00. The van der Waals surface area contributed by atoms with Gasteiger partial charge >= 0.3 is 0 Å². The first-order valence-corrected chi connectivity index (χ1v) is 6.01. The summed E-state index contributed by atoms with van der Waals surface area (Å²) < 4.78 is 10.9. The summed E-state index contributed by atoms with van der Waals surface area (Å²) in [6.07, 6.45) is 2.47. The van der Waals surface area contributed by atoms with E-state index in [1.165, 1.54) is 0 Å². The van der Waals surface area contributed by atoms with Crippen molar-refractivity contribution in [2.45, 2.75) is 39.7 Å². The zero-order valence-corrected chi connectivity index (χ0v) is 10.7. The second-order valence-corrected chi connectivity index (χ2v) is 4.33. The van der Waals surface area contributed by atoms with Crippen LogP contribution in [0.15, 0.2) is 0 Å². The van der Waals surface area contributed by atoms with Crippen LogP contribution in [0.3, 0.4) is 0 Å². The minimum Gasteiger partial charge on any atom is -0.382 e. The van der Waals surface area contributed by atoms with Crippen molar-refractivity contribution in [1.29, 1.82) is 0 Å². The van der Waals surface area contributed by atoms with Gasteiger partial charge in [-0.1, -0.05) is 20.8 Å². The minimum atomic E-state index is 0.195. The van der Waals surface area contributed by atoms with Gasteiger partial charge in [0.2, 0.25) is 0 Å². The van der Waals surface area contributed by atoms with Crippen molar-refractivity contribution in [3.8, 4) is 0 Å². The molecule has 3 nitrogen and oxygen atoms in total. The zero-order valence-electron chi connectivity index (χ0n) is 10.7. The van der Waals surface area contributed by atoms with E-state index in [2.05, 4.69) is 26.1 Å². The maximum atomic E-state index is 5.75. The van der Waals surface area contributed by atoms with Crippen molar-refractivity contribution in [3.63, 3.8) is 0 Å². The van der Waals surface area contributed by atoms with Gasteiger partial charge in [0.05, 0.1) is 12.7 Å². The minimum absolute atomic E-state index is 0.195. The molecule has 0 bridgehead atoms. The van der Waals surface area contributed by atoms with Crippen LogP contribution in [0.5, 0.6) is 0 Å². The summed E-state index contributed by atoms with van der Waals surface area (Å²) in [6.45, 7) is 10.0. The molecule has 0 saturated heterocycles. The Hall–Kier alpha value is -0.120. The zero-order chi connectivity index (χ0) is 11.5. The molecule has 0 aliphatic rings.